The van der Waals surface area contributed by atoms with Gasteiger partial charge in [-0.1, -0.05) is 30.9 Å². The zero-order chi connectivity index (χ0) is 17.6. The standard InChI is InChI=1S/C21H28N2O2/c1-17(7-8-18-9-11-19(24-2)12-10-18)22-13-15-23(16-14-22)20-5-4-6-21(20)25-3/h5,7-12,21H,1,4,6,13-16H2,2-3H3/b8-7+. The van der Waals surface area contributed by atoms with Crippen LogP contribution in [0.3, 0.4) is 0 Å². The zero-order valence-corrected chi connectivity index (χ0v) is 15.3. The van der Waals surface area contributed by atoms with Crippen LogP contribution in [-0.2, 0) is 4.74 Å². The first-order valence-electron chi connectivity index (χ1n) is 8.95. The third-order valence-corrected chi connectivity index (χ3v) is 5.03. The number of allylic oxidation sites excluding steroid dienone is 2. The lowest BCUT2D eigenvalue weighted by Gasteiger charge is -2.39. The summed E-state index contributed by atoms with van der Waals surface area (Å²) < 4.78 is 10.8. The molecule has 0 bridgehead atoms. The highest BCUT2D eigenvalue weighted by molar-refractivity contribution is 5.53. The summed E-state index contributed by atoms with van der Waals surface area (Å²) in [6, 6.07) is 8.06. The Kier molecular flexibility index (Phi) is 5.82. The van der Waals surface area contributed by atoms with Crippen LogP contribution in [0.4, 0.5) is 0 Å². The van der Waals surface area contributed by atoms with Gasteiger partial charge in [-0.3, -0.25) is 0 Å². The average Bonchev–Trinajstić information content (AvgIpc) is 3.15. The highest BCUT2D eigenvalue weighted by Gasteiger charge is 2.26. The molecule has 4 nitrogen and oxygen atoms in total. The summed E-state index contributed by atoms with van der Waals surface area (Å²) in [5, 5.41) is 0. The Balaban J connectivity index is 1.52. The Morgan fingerprint density at radius 2 is 1.84 bits per heavy atom. The Labute approximate surface area is 151 Å². The molecule has 2 aliphatic rings. The van der Waals surface area contributed by atoms with Crippen LogP contribution < -0.4 is 4.74 Å². The topological polar surface area (TPSA) is 24.9 Å². The second-order valence-electron chi connectivity index (χ2n) is 6.50. The van der Waals surface area contributed by atoms with E-state index in [0.717, 1.165) is 56.0 Å². The van der Waals surface area contributed by atoms with E-state index < -0.39 is 0 Å². The van der Waals surface area contributed by atoms with Gasteiger partial charge in [0.1, 0.15) is 5.75 Å². The minimum atomic E-state index is 0.282. The van der Waals surface area contributed by atoms with Crippen LogP contribution in [-0.4, -0.2) is 56.3 Å². The fraction of sp³-hybridized carbons (Fsp3) is 0.429. The van der Waals surface area contributed by atoms with Gasteiger partial charge < -0.3 is 19.3 Å². The number of hydrogen-bond donors (Lipinski definition) is 0. The number of nitrogens with zero attached hydrogens (tertiary/aromatic N) is 2. The van der Waals surface area contributed by atoms with Gasteiger partial charge in [0.15, 0.2) is 0 Å². The first-order valence-corrected chi connectivity index (χ1v) is 8.95. The normalized spacial score (nSPS) is 20.9. The minimum Gasteiger partial charge on any atom is -0.497 e. The monoisotopic (exact) mass is 340 g/mol. The fourth-order valence-electron chi connectivity index (χ4n) is 3.50. The lowest BCUT2D eigenvalue weighted by Crippen LogP contribution is -2.46. The molecule has 0 radical (unpaired) electrons. The smallest absolute Gasteiger partial charge is 0.118 e. The Morgan fingerprint density at radius 3 is 2.48 bits per heavy atom. The third kappa shape index (κ3) is 4.26. The molecule has 25 heavy (non-hydrogen) atoms. The zero-order valence-electron chi connectivity index (χ0n) is 15.3. The van der Waals surface area contributed by atoms with Crippen molar-refractivity contribution in [1.82, 2.24) is 9.80 Å². The van der Waals surface area contributed by atoms with Gasteiger partial charge in [0.2, 0.25) is 0 Å². The van der Waals surface area contributed by atoms with E-state index in [4.69, 9.17) is 9.47 Å². The Hall–Kier alpha value is -2.20. The van der Waals surface area contributed by atoms with Crippen molar-refractivity contribution < 1.29 is 9.47 Å². The molecule has 134 valence electrons. The maximum atomic E-state index is 5.59. The summed E-state index contributed by atoms with van der Waals surface area (Å²) in [7, 11) is 3.49. The van der Waals surface area contributed by atoms with E-state index in [1.54, 1.807) is 7.11 Å². The van der Waals surface area contributed by atoms with Crippen molar-refractivity contribution in [3.63, 3.8) is 0 Å². The quantitative estimate of drug-likeness (QED) is 0.740. The number of hydrogen-bond acceptors (Lipinski definition) is 4. The van der Waals surface area contributed by atoms with E-state index in [2.05, 4.69) is 46.7 Å². The molecule has 1 aliphatic carbocycles. The van der Waals surface area contributed by atoms with E-state index in [1.807, 2.05) is 19.2 Å². The molecule has 1 aromatic carbocycles. The van der Waals surface area contributed by atoms with Crippen LogP contribution >= 0.6 is 0 Å². The van der Waals surface area contributed by atoms with E-state index in [-0.39, 0.29) is 6.10 Å². The van der Waals surface area contributed by atoms with Gasteiger partial charge >= 0.3 is 0 Å². The van der Waals surface area contributed by atoms with Crippen molar-refractivity contribution in [2.75, 3.05) is 40.4 Å². The second kappa shape index (κ2) is 8.26. The molecule has 0 amide bonds. The molecule has 1 unspecified atom stereocenters. The Morgan fingerprint density at radius 1 is 1.12 bits per heavy atom. The minimum absolute atomic E-state index is 0.282. The predicted molar refractivity (Wildman–Crippen MR) is 102 cm³/mol. The molecular formula is C21H28N2O2. The highest BCUT2D eigenvalue weighted by atomic mass is 16.5. The molecule has 1 heterocycles. The van der Waals surface area contributed by atoms with Crippen molar-refractivity contribution in [3.05, 3.63) is 60.0 Å². The first-order chi connectivity index (χ1) is 12.2. The van der Waals surface area contributed by atoms with Crippen molar-refractivity contribution in [2.45, 2.75) is 18.9 Å². The highest BCUT2D eigenvalue weighted by Crippen LogP contribution is 2.26. The van der Waals surface area contributed by atoms with Crippen LogP contribution in [0.15, 0.2) is 54.4 Å². The fourth-order valence-corrected chi connectivity index (χ4v) is 3.50. The molecule has 0 N–H and O–H groups in total. The summed E-state index contributed by atoms with van der Waals surface area (Å²) in [5.74, 6) is 0.877. The predicted octanol–water partition coefficient (Wildman–Crippen LogP) is 3.53. The van der Waals surface area contributed by atoms with Gasteiger partial charge in [0.25, 0.3) is 0 Å². The van der Waals surface area contributed by atoms with E-state index in [9.17, 15) is 0 Å². The third-order valence-electron chi connectivity index (χ3n) is 5.03. The van der Waals surface area contributed by atoms with Crippen LogP contribution in [0.25, 0.3) is 6.08 Å². The van der Waals surface area contributed by atoms with Gasteiger partial charge in [-0.05, 0) is 36.6 Å². The second-order valence-corrected chi connectivity index (χ2v) is 6.50. The van der Waals surface area contributed by atoms with E-state index >= 15 is 0 Å². The molecule has 1 aromatic rings. The van der Waals surface area contributed by atoms with Crippen LogP contribution in [0.2, 0.25) is 0 Å². The molecule has 1 saturated heterocycles. The summed E-state index contributed by atoms with van der Waals surface area (Å²) >= 11 is 0. The van der Waals surface area contributed by atoms with Gasteiger partial charge in [-0.25, -0.2) is 0 Å². The molecule has 4 heteroatoms. The number of rotatable bonds is 6. The Bertz CT molecular complexity index is 640. The van der Waals surface area contributed by atoms with Crippen molar-refractivity contribution in [1.29, 1.82) is 0 Å². The van der Waals surface area contributed by atoms with Crippen molar-refractivity contribution in [2.24, 2.45) is 0 Å². The molecule has 0 aromatic heterocycles. The summed E-state index contributed by atoms with van der Waals surface area (Å²) in [5.41, 5.74) is 3.60. The lowest BCUT2D eigenvalue weighted by molar-refractivity contribution is 0.0912. The van der Waals surface area contributed by atoms with Crippen molar-refractivity contribution in [3.8, 4) is 5.75 Å². The molecule has 1 aliphatic heterocycles. The average molecular weight is 340 g/mol. The molecule has 0 saturated carbocycles. The van der Waals surface area contributed by atoms with Gasteiger partial charge in [0, 0.05) is 44.7 Å². The number of piperazine rings is 1. The maximum Gasteiger partial charge on any atom is 0.118 e. The van der Waals surface area contributed by atoms with Crippen LogP contribution in [0.1, 0.15) is 18.4 Å². The number of ether oxygens (including phenoxy) is 2. The molecule has 0 spiro atoms. The summed E-state index contributed by atoms with van der Waals surface area (Å²) in [6.07, 6.45) is 9.07. The summed E-state index contributed by atoms with van der Waals surface area (Å²) in [4.78, 5) is 4.83. The van der Waals surface area contributed by atoms with E-state index in [0.29, 0.717) is 0 Å². The lowest BCUT2D eigenvalue weighted by atomic mass is 10.1. The SMILES string of the molecule is C=C(/C=C/c1ccc(OC)cc1)N1CCN(C2=CCCC2OC)CC1. The molecular weight excluding hydrogens is 312 g/mol. The molecule has 3 rings (SSSR count). The maximum absolute atomic E-state index is 5.59. The van der Waals surface area contributed by atoms with Gasteiger partial charge in [-0.15, -0.1) is 0 Å². The molecule has 1 fully saturated rings. The van der Waals surface area contributed by atoms with Crippen LogP contribution in [0, 0.1) is 0 Å². The molecule has 1 atom stereocenters. The number of methoxy groups -OCH3 is 2. The largest absolute Gasteiger partial charge is 0.497 e. The van der Waals surface area contributed by atoms with E-state index in [1.165, 1.54) is 5.70 Å². The van der Waals surface area contributed by atoms with Gasteiger partial charge in [-0.2, -0.15) is 0 Å². The van der Waals surface area contributed by atoms with Crippen molar-refractivity contribution >= 4 is 6.08 Å². The first kappa shape index (κ1) is 17.6. The summed E-state index contributed by atoms with van der Waals surface area (Å²) in [6.45, 7) is 8.29. The van der Waals surface area contributed by atoms with Gasteiger partial charge in [0.05, 0.1) is 13.2 Å². The van der Waals surface area contributed by atoms with Crippen LogP contribution in [0.5, 0.6) is 5.75 Å². The number of benzene rings is 1.